The third-order valence-corrected chi connectivity index (χ3v) is 6.72. The minimum Gasteiger partial charge on any atom is -0.491 e. The molecule has 4 nitrogen and oxygen atoms in total. The van der Waals surface area contributed by atoms with Gasteiger partial charge in [-0.05, 0) is 87.1 Å². The lowest BCUT2D eigenvalue weighted by molar-refractivity contribution is -0.148. The van der Waals surface area contributed by atoms with E-state index in [1.807, 2.05) is 25.1 Å². The number of hydrogen-bond donors (Lipinski definition) is 1. The molecule has 0 bridgehead atoms. The Bertz CT molecular complexity index is 1110. The van der Waals surface area contributed by atoms with Crippen LogP contribution >= 0.6 is 0 Å². The molecule has 1 N–H and O–H groups in total. The molecule has 0 radical (unpaired) electrons. The van der Waals surface area contributed by atoms with Crippen molar-refractivity contribution in [2.24, 2.45) is 10.8 Å². The van der Waals surface area contributed by atoms with Crippen molar-refractivity contribution in [1.29, 1.82) is 0 Å². The van der Waals surface area contributed by atoms with Gasteiger partial charge >= 0.3 is 5.97 Å². The fraction of sp³-hybridized carbons (Fsp3) is 0.444. The lowest BCUT2D eigenvalue weighted by Gasteiger charge is -2.36. The molecule has 4 rings (SSSR count). The number of carboxylic acids is 1. The third-order valence-electron chi connectivity index (χ3n) is 6.72. The number of hydrogen-bond acceptors (Lipinski definition) is 3. The number of ether oxygens (including phenoxy) is 1. The number of nitrogens with zero attached hydrogens (tertiary/aromatic N) is 1. The van der Waals surface area contributed by atoms with Crippen molar-refractivity contribution in [3.05, 3.63) is 64.2 Å². The number of carbonyl (C=O) groups is 1. The van der Waals surface area contributed by atoms with Gasteiger partial charge in [-0.1, -0.05) is 23.5 Å². The zero-order valence-corrected chi connectivity index (χ0v) is 19.2. The molecule has 0 spiro atoms. The molecular formula is C27H30FNO3. The summed E-state index contributed by atoms with van der Waals surface area (Å²) in [4.78, 5) is 13.8. The number of allylic oxidation sites excluding steroid dienone is 4. The van der Waals surface area contributed by atoms with Crippen molar-refractivity contribution in [3.8, 4) is 11.8 Å². The molecule has 1 atom stereocenters. The fourth-order valence-corrected chi connectivity index (χ4v) is 4.82. The summed E-state index contributed by atoms with van der Waals surface area (Å²) >= 11 is 0. The third kappa shape index (κ3) is 4.12. The van der Waals surface area contributed by atoms with Gasteiger partial charge < -0.3 is 14.7 Å². The molecule has 2 aliphatic heterocycles. The van der Waals surface area contributed by atoms with Gasteiger partial charge in [0.25, 0.3) is 0 Å². The van der Waals surface area contributed by atoms with Crippen LogP contribution < -0.4 is 0 Å². The van der Waals surface area contributed by atoms with Crippen LogP contribution in [0.25, 0.3) is 5.57 Å². The monoisotopic (exact) mass is 435 g/mol. The quantitative estimate of drug-likeness (QED) is 0.666. The highest BCUT2D eigenvalue weighted by molar-refractivity contribution is 5.81. The van der Waals surface area contributed by atoms with E-state index in [1.54, 1.807) is 19.9 Å². The standard InChI is InChI=1S/C27H30FNO3/c1-18-5-8-23-27(4,12-9-18)24(22-7-6-21(28)15-20(22)16-32-23)19-10-13-29(14-11-19)17-26(2,3)25(30)31/h5-8,15H,10-11,13-14,16-17H2,1-4H3,(H,30,31). The number of halogens is 1. The molecule has 1 aromatic carbocycles. The SMILES string of the molecule is CC1=CC=C2OCc3cc(F)ccc3C(=C3CCN(CC(C)(C)C(=O)O)CC3)C2(C)C#C1. The van der Waals surface area contributed by atoms with Gasteiger partial charge in [-0.2, -0.15) is 0 Å². The minimum atomic E-state index is -0.789. The lowest BCUT2D eigenvalue weighted by Crippen LogP contribution is -2.42. The molecule has 1 saturated heterocycles. The second kappa shape index (κ2) is 8.26. The second-order valence-corrected chi connectivity index (χ2v) is 9.79. The van der Waals surface area contributed by atoms with Crippen molar-refractivity contribution in [3.63, 3.8) is 0 Å². The van der Waals surface area contributed by atoms with Crippen LogP contribution in [0.15, 0.2) is 47.3 Å². The molecule has 1 aromatic rings. The number of likely N-dealkylation sites (tertiary alicyclic amines) is 1. The normalized spacial score (nSPS) is 23.4. The Balaban J connectivity index is 1.76. The van der Waals surface area contributed by atoms with E-state index in [0.717, 1.165) is 54.0 Å². The number of piperidine rings is 1. The Labute approximate surface area is 189 Å². The van der Waals surface area contributed by atoms with E-state index < -0.39 is 16.8 Å². The van der Waals surface area contributed by atoms with Gasteiger partial charge in [-0.3, -0.25) is 4.79 Å². The predicted molar refractivity (Wildman–Crippen MR) is 123 cm³/mol. The average molecular weight is 436 g/mol. The maximum absolute atomic E-state index is 14.1. The number of rotatable bonds is 3. The summed E-state index contributed by atoms with van der Waals surface area (Å²) in [6, 6.07) is 4.93. The Kier molecular flexibility index (Phi) is 5.77. The maximum atomic E-state index is 14.1. The van der Waals surface area contributed by atoms with Crippen LogP contribution in [0.5, 0.6) is 0 Å². The van der Waals surface area contributed by atoms with Crippen molar-refractivity contribution >= 4 is 11.5 Å². The molecular weight excluding hydrogens is 405 g/mol. The molecule has 0 aromatic heterocycles. The first-order valence-electron chi connectivity index (χ1n) is 11.1. The highest BCUT2D eigenvalue weighted by Gasteiger charge is 2.40. The molecule has 0 saturated carbocycles. The number of fused-ring (bicyclic) bond motifs is 2. The second-order valence-electron chi connectivity index (χ2n) is 9.79. The molecule has 168 valence electrons. The number of aliphatic carboxylic acids is 1. The fourth-order valence-electron chi connectivity index (χ4n) is 4.82. The Morgan fingerprint density at radius 2 is 2.00 bits per heavy atom. The first kappa shape index (κ1) is 22.4. The number of benzene rings is 1. The van der Waals surface area contributed by atoms with Gasteiger partial charge in [-0.15, -0.1) is 0 Å². The van der Waals surface area contributed by atoms with Crippen LogP contribution in [0.3, 0.4) is 0 Å². The predicted octanol–water partition coefficient (Wildman–Crippen LogP) is 5.17. The van der Waals surface area contributed by atoms with Gasteiger partial charge in [0.15, 0.2) is 0 Å². The van der Waals surface area contributed by atoms with Crippen molar-refractivity contribution < 1.29 is 19.0 Å². The average Bonchev–Trinajstić information content (AvgIpc) is 2.95. The molecule has 1 aliphatic carbocycles. The van der Waals surface area contributed by atoms with Gasteiger partial charge in [0.1, 0.15) is 23.6 Å². The van der Waals surface area contributed by atoms with Crippen molar-refractivity contribution in [2.75, 3.05) is 19.6 Å². The summed E-state index contributed by atoms with van der Waals surface area (Å²) in [5.74, 6) is 6.47. The van der Waals surface area contributed by atoms with Gasteiger partial charge in [0.2, 0.25) is 0 Å². The molecule has 2 heterocycles. The Morgan fingerprint density at radius 3 is 2.69 bits per heavy atom. The highest BCUT2D eigenvalue weighted by Crippen LogP contribution is 2.49. The first-order valence-corrected chi connectivity index (χ1v) is 11.1. The smallest absolute Gasteiger partial charge is 0.310 e. The van der Waals surface area contributed by atoms with Crippen LogP contribution in [0.4, 0.5) is 4.39 Å². The topological polar surface area (TPSA) is 49.8 Å². The summed E-state index contributed by atoms with van der Waals surface area (Å²) in [5, 5.41) is 9.50. The minimum absolute atomic E-state index is 0.273. The van der Waals surface area contributed by atoms with E-state index in [4.69, 9.17) is 4.74 Å². The zero-order valence-electron chi connectivity index (χ0n) is 19.2. The maximum Gasteiger partial charge on any atom is 0.310 e. The van der Waals surface area contributed by atoms with E-state index in [2.05, 4.69) is 23.7 Å². The summed E-state index contributed by atoms with van der Waals surface area (Å²) in [7, 11) is 0. The van der Waals surface area contributed by atoms with Crippen LogP contribution in [0.1, 0.15) is 51.7 Å². The lowest BCUT2D eigenvalue weighted by atomic mass is 9.72. The first-order chi connectivity index (χ1) is 15.1. The van der Waals surface area contributed by atoms with E-state index in [1.165, 1.54) is 11.6 Å². The molecule has 3 aliphatic rings. The summed E-state index contributed by atoms with van der Waals surface area (Å²) in [6.45, 7) is 10.0. The zero-order chi connectivity index (χ0) is 23.1. The molecule has 0 amide bonds. The molecule has 32 heavy (non-hydrogen) atoms. The summed E-state index contributed by atoms with van der Waals surface area (Å²) in [6.07, 6.45) is 5.59. The van der Waals surface area contributed by atoms with Crippen LogP contribution in [-0.2, 0) is 16.1 Å². The molecule has 5 heteroatoms. The van der Waals surface area contributed by atoms with Crippen LogP contribution in [0, 0.1) is 28.5 Å². The molecule has 1 fully saturated rings. The van der Waals surface area contributed by atoms with E-state index in [-0.39, 0.29) is 5.82 Å². The van der Waals surface area contributed by atoms with Gasteiger partial charge in [0, 0.05) is 19.6 Å². The molecule has 1 unspecified atom stereocenters. The summed E-state index contributed by atoms with van der Waals surface area (Å²) < 4.78 is 20.3. The van der Waals surface area contributed by atoms with Crippen molar-refractivity contribution in [1.82, 2.24) is 4.90 Å². The van der Waals surface area contributed by atoms with E-state index >= 15 is 0 Å². The Morgan fingerprint density at radius 1 is 1.28 bits per heavy atom. The van der Waals surface area contributed by atoms with E-state index in [0.29, 0.717) is 13.2 Å². The van der Waals surface area contributed by atoms with E-state index in [9.17, 15) is 14.3 Å². The number of carboxylic acid groups (broad SMARTS) is 1. The summed E-state index contributed by atoms with van der Waals surface area (Å²) in [5.41, 5.74) is 3.79. The van der Waals surface area contributed by atoms with Gasteiger partial charge in [-0.25, -0.2) is 4.39 Å². The largest absolute Gasteiger partial charge is 0.491 e. The van der Waals surface area contributed by atoms with Crippen LogP contribution in [-0.4, -0.2) is 35.6 Å². The van der Waals surface area contributed by atoms with Gasteiger partial charge in [0.05, 0.1) is 5.41 Å². The Hall–Kier alpha value is -2.84. The van der Waals surface area contributed by atoms with Crippen LogP contribution in [0.2, 0.25) is 0 Å². The highest BCUT2D eigenvalue weighted by atomic mass is 19.1. The van der Waals surface area contributed by atoms with Crippen molar-refractivity contribution in [2.45, 2.75) is 47.1 Å².